The van der Waals surface area contributed by atoms with Gasteiger partial charge in [-0.1, -0.05) is 24.3 Å². The van der Waals surface area contributed by atoms with Crippen molar-refractivity contribution in [3.8, 4) is 0 Å². The van der Waals surface area contributed by atoms with Crippen molar-refractivity contribution in [1.82, 2.24) is 10.0 Å². The Hall–Kier alpha value is -1.53. The van der Waals surface area contributed by atoms with Gasteiger partial charge in [0, 0.05) is 23.3 Å². The van der Waals surface area contributed by atoms with E-state index >= 15 is 0 Å². The van der Waals surface area contributed by atoms with Crippen molar-refractivity contribution in [3.05, 3.63) is 34.7 Å². The van der Waals surface area contributed by atoms with E-state index in [-0.39, 0.29) is 0 Å². The molecule has 2 aliphatic heterocycles. The Kier molecular flexibility index (Phi) is 3.22. The summed E-state index contributed by atoms with van der Waals surface area (Å²) in [5.74, 6) is 0. The number of nitrogens with one attached hydrogen (secondary N) is 2. The molecule has 0 amide bonds. The van der Waals surface area contributed by atoms with Crippen LogP contribution in [0.5, 0.6) is 0 Å². The molecule has 1 aromatic carbocycles. The van der Waals surface area contributed by atoms with E-state index in [1.807, 2.05) is 24.3 Å². The maximum atomic E-state index is 11.7. The van der Waals surface area contributed by atoms with E-state index < -0.39 is 15.6 Å². The molecule has 1 fully saturated rings. The molecular weight excluding hydrogens is 276 g/mol. The molecule has 1 aromatic rings. The average molecular weight is 294 g/mol. The van der Waals surface area contributed by atoms with Gasteiger partial charge in [0.25, 0.3) is 0 Å². The topological polar surface area (TPSA) is 67.4 Å². The zero-order chi connectivity index (χ0) is 14.2. The van der Waals surface area contributed by atoms with Crippen molar-refractivity contribution in [2.75, 3.05) is 19.3 Å². The van der Waals surface area contributed by atoms with Crippen molar-refractivity contribution < 1.29 is 13.2 Å². The van der Waals surface area contributed by atoms with E-state index in [2.05, 4.69) is 10.0 Å². The third-order valence-electron chi connectivity index (χ3n) is 3.80. The molecule has 0 unspecified atom stereocenters. The molecular formula is C14H18N2O3S. The van der Waals surface area contributed by atoms with Gasteiger partial charge in [0.1, 0.15) is 0 Å². The summed E-state index contributed by atoms with van der Waals surface area (Å²) in [5.41, 5.74) is 0.0995. The summed E-state index contributed by atoms with van der Waals surface area (Å²) < 4.78 is 32.1. The van der Waals surface area contributed by atoms with Gasteiger partial charge in [-0.3, -0.25) is 4.72 Å². The lowest BCUT2D eigenvalue weighted by Crippen LogP contribution is -2.54. The fourth-order valence-corrected chi connectivity index (χ4v) is 3.51. The molecule has 0 radical (unpaired) electrons. The van der Waals surface area contributed by atoms with Crippen LogP contribution in [0.1, 0.15) is 12.8 Å². The highest BCUT2D eigenvalue weighted by atomic mass is 32.2. The molecule has 2 aliphatic rings. The summed E-state index contributed by atoms with van der Waals surface area (Å²) >= 11 is 0. The molecule has 1 spiro atoms. The monoisotopic (exact) mass is 294 g/mol. The highest BCUT2D eigenvalue weighted by Gasteiger charge is 2.40. The Morgan fingerprint density at radius 1 is 1.25 bits per heavy atom. The van der Waals surface area contributed by atoms with Gasteiger partial charge in [-0.05, 0) is 13.1 Å². The summed E-state index contributed by atoms with van der Waals surface area (Å²) in [6.07, 6.45) is 4.41. The van der Waals surface area contributed by atoms with Crippen LogP contribution in [0.15, 0.2) is 24.3 Å². The van der Waals surface area contributed by atoms with Gasteiger partial charge in [0.15, 0.2) is 5.60 Å². The molecule has 108 valence electrons. The molecule has 0 aliphatic carbocycles. The van der Waals surface area contributed by atoms with Crippen LogP contribution in [-0.2, 0) is 14.8 Å². The quantitative estimate of drug-likeness (QED) is 0.752. The highest BCUT2D eigenvalue weighted by Crippen LogP contribution is 2.31. The first-order valence-corrected chi connectivity index (χ1v) is 8.56. The smallest absolute Gasteiger partial charge is 0.229 e. The van der Waals surface area contributed by atoms with Crippen LogP contribution in [0.3, 0.4) is 0 Å². The predicted molar refractivity (Wildman–Crippen MR) is 77.5 cm³/mol. The van der Waals surface area contributed by atoms with Crippen LogP contribution in [0, 0.1) is 0 Å². The summed E-state index contributed by atoms with van der Waals surface area (Å²) in [5, 5.41) is 5.09. The predicted octanol–water partition coefficient (Wildman–Crippen LogP) is -0.766. The molecule has 20 heavy (non-hydrogen) atoms. The molecule has 0 bridgehead atoms. The molecule has 6 heteroatoms. The van der Waals surface area contributed by atoms with Crippen LogP contribution < -0.4 is 20.5 Å². The van der Waals surface area contributed by atoms with Crippen molar-refractivity contribution >= 4 is 22.0 Å². The van der Waals surface area contributed by atoms with Gasteiger partial charge < -0.3 is 10.1 Å². The van der Waals surface area contributed by atoms with E-state index in [9.17, 15) is 8.42 Å². The SMILES string of the molecule is CS(=O)(=O)NC1=c2ccccc2=COC12CCNCC2. The van der Waals surface area contributed by atoms with E-state index in [0.29, 0.717) is 5.70 Å². The number of piperidine rings is 1. The minimum Gasteiger partial charge on any atom is -0.488 e. The van der Waals surface area contributed by atoms with Gasteiger partial charge in [0.05, 0.1) is 18.2 Å². The first kappa shape index (κ1) is 13.5. The van der Waals surface area contributed by atoms with E-state index in [0.717, 1.165) is 36.4 Å². The fourth-order valence-electron chi connectivity index (χ4n) is 2.84. The fraction of sp³-hybridized carbons (Fsp3) is 0.429. The van der Waals surface area contributed by atoms with Crippen LogP contribution in [-0.4, -0.2) is 33.4 Å². The van der Waals surface area contributed by atoms with E-state index in [4.69, 9.17) is 4.74 Å². The lowest BCUT2D eigenvalue weighted by atomic mass is 9.86. The number of hydrogen-bond donors (Lipinski definition) is 2. The average Bonchev–Trinajstić information content (AvgIpc) is 2.42. The van der Waals surface area contributed by atoms with Gasteiger partial charge in [-0.2, -0.15) is 0 Å². The maximum absolute atomic E-state index is 11.7. The zero-order valence-electron chi connectivity index (χ0n) is 11.3. The highest BCUT2D eigenvalue weighted by molar-refractivity contribution is 7.89. The number of sulfonamides is 1. The first-order chi connectivity index (χ1) is 9.50. The zero-order valence-corrected chi connectivity index (χ0v) is 12.2. The molecule has 3 rings (SSSR count). The second kappa shape index (κ2) is 4.79. The normalized spacial score (nSPS) is 20.8. The second-order valence-electron chi connectivity index (χ2n) is 5.32. The lowest BCUT2D eigenvalue weighted by Gasteiger charge is -2.40. The van der Waals surface area contributed by atoms with Crippen LogP contribution in [0.4, 0.5) is 0 Å². The largest absolute Gasteiger partial charge is 0.488 e. The minimum absolute atomic E-state index is 0.567. The third kappa shape index (κ3) is 2.41. The van der Waals surface area contributed by atoms with Crippen LogP contribution in [0.25, 0.3) is 12.0 Å². The molecule has 0 saturated carbocycles. The van der Waals surface area contributed by atoms with Crippen molar-refractivity contribution in [3.63, 3.8) is 0 Å². The number of fused-ring (bicyclic) bond motifs is 1. The van der Waals surface area contributed by atoms with Gasteiger partial charge in [-0.15, -0.1) is 0 Å². The van der Waals surface area contributed by atoms with Crippen molar-refractivity contribution in [2.24, 2.45) is 0 Å². The van der Waals surface area contributed by atoms with Crippen LogP contribution in [0.2, 0.25) is 0 Å². The van der Waals surface area contributed by atoms with Crippen molar-refractivity contribution in [2.45, 2.75) is 18.4 Å². The van der Waals surface area contributed by atoms with Gasteiger partial charge in [-0.25, -0.2) is 8.42 Å². The third-order valence-corrected chi connectivity index (χ3v) is 4.37. The number of ether oxygens (including phenoxy) is 1. The number of hydrogen-bond acceptors (Lipinski definition) is 4. The number of rotatable bonds is 2. The summed E-state index contributed by atoms with van der Waals surface area (Å²) in [7, 11) is -3.34. The standard InChI is InChI=1S/C14H18N2O3S/c1-20(17,18)16-13-12-5-3-2-4-11(12)10-19-14(13)6-8-15-9-7-14/h2-5,10,15-16H,6-9H2,1H3. The van der Waals surface area contributed by atoms with Crippen LogP contribution >= 0.6 is 0 Å². The Morgan fingerprint density at radius 2 is 1.95 bits per heavy atom. The Bertz CT molecular complexity index is 734. The Labute approximate surface area is 118 Å². The Balaban J connectivity index is 2.23. The van der Waals surface area contributed by atoms with E-state index in [1.165, 1.54) is 6.26 Å². The summed E-state index contributed by atoms with van der Waals surface area (Å²) in [6, 6.07) is 7.69. The second-order valence-corrected chi connectivity index (χ2v) is 7.06. The molecule has 0 aromatic heterocycles. The lowest BCUT2D eigenvalue weighted by molar-refractivity contribution is 0.0676. The molecule has 0 atom stereocenters. The number of benzene rings is 1. The van der Waals surface area contributed by atoms with Gasteiger partial charge >= 0.3 is 0 Å². The first-order valence-electron chi connectivity index (χ1n) is 6.67. The molecule has 2 N–H and O–H groups in total. The molecule has 2 heterocycles. The summed E-state index contributed by atoms with van der Waals surface area (Å²) in [4.78, 5) is 0. The summed E-state index contributed by atoms with van der Waals surface area (Å²) in [6.45, 7) is 1.62. The molecule has 5 nitrogen and oxygen atoms in total. The molecule has 1 saturated heterocycles. The van der Waals surface area contributed by atoms with E-state index in [1.54, 1.807) is 6.26 Å². The van der Waals surface area contributed by atoms with Crippen molar-refractivity contribution in [1.29, 1.82) is 0 Å². The minimum atomic E-state index is -3.34. The Morgan fingerprint density at radius 3 is 2.65 bits per heavy atom. The maximum Gasteiger partial charge on any atom is 0.229 e. The van der Waals surface area contributed by atoms with Gasteiger partial charge in [0.2, 0.25) is 10.0 Å².